The number of hydrogen-bond acceptors (Lipinski definition) is 6. The van der Waals surface area contributed by atoms with Gasteiger partial charge in [0.05, 0.1) is 18.9 Å². The molecule has 0 aliphatic heterocycles. The van der Waals surface area contributed by atoms with Gasteiger partial charge in [-0.25, -0.2) is 9.78 Å². The molecular formula is C23H32N6O5. The molecule has 4 unspecified atom stereocenters. The van der Waals surface area contributed by atoms with E-state index >= 15 is 0 Å². The summed E-state index contributed by atoms with van der Waals surface area (Å²) in [5, 5.41) is 17.1. The van der Waals surface area contributed by atoms with Gasteiger partial charge < -0.3 is 31.8 Å². The summed E-state index contributed by atoms with van der Waals surface area (Å²) in [6, 6.07) is 5.85. The fourth-order valence-electron chi connectivity index (χ4n) is 3.19. The summed E-state index contributed by atoms with van der Waals surface area (Å²) in [6.07, 6.45) is 3.77. The molecule has 7 N–H and O–H groups in total. The number of nitrogens with zero attached hydrogens (tertiary/aromatic N) is 1. The first kappa shape index (κ1) is 26.5. The number of nitrogens with one attached hydrogen (secondary N) is 4. The highest BCUT2D eigenvalue weighted by atomic mass is 16.4. The number of imidazole rings is 1. The second-order valence-electron chi connectivity index (χ2n) is 8.12. The topological polar surface area (TPSA) is 179 Å². The van der Waals surface area contributed by atoms with Crippen molar-refractivity contribution in [1.29, 1.82) is 0 Å². The Balaban J connectivity index is 2.04. The number of benzene rings is 1. The maximum atomic E-state index is 13.0. The summed E-state index contributed by atoms with van der Waals surface area (Å²) in [5.41, 5.74) is 7.18. The third-order valence-electron chi connectivity index (χ3n) is 5.51. The number of aliphatic carboxylic acids is 1. The molecule has 11 nitrogen and oxygen atoms in total. The lowest BCUT2D eigenvalue weighted by Crippen LogP contribution is -2.55. The van der Waals surface area contributed by atoms with E-state index in [0.717, 1.165) is 5.56 Å². The molecule has 0 saturated carbocycles. The molecule has 0 aliphatic carbocycles. The van der Waals surface area contributed by atoms with E-state index in [9.17, 15) is 24.3 Å². The number of aromatic nitrogens is 2. The number of carboxylic acid groups (broad SMARTS) is 1. The number of H-pyrrole nitrogens is 1. The maximum Gasteiger partial charge on any atom is 0.326 e. The number of carboxylic acids is 1. The fourth-order valence-corrected chi connectivity index (χ4v) is 3.19. The van der Waals surface area contributed by atoms with E-state index in [4.69, 9.17) is 5.73 Å². The largest absolute Gasteiger partial charge is 0.480 e. The van der Waals surface area contributed by atoms with Crippen LogP contribution < -0.4 is 21.7 Å². The molecule has 0 fully saturated rings. The standard InChI is InChI=1S/C23H32N6O5/c1-3-14(2)20(24)22(32)26-12-19(30)28-17(10-16-11-25-13-27-16)21(31)29-18(23(33)34)9-15-7-5-4-6-8-15/h4-8,11,13-14,17-18,20H,3,9-10,12,24H2,1-2H3,(H,25,27)(H,26,32)(H,28,30)(H,29,31)(H,33,34). The predicted molar refractivity (Wildman–Crippen MR) is 124 cm³/mol. The minimum absolute atomic E-state index is 0.0512. The molecule has 0 radical (unpaired) electrons. The van der Waals surface area contributed by atoms with Gasteiger partial charge in [-0.15, -0.1) is 0 Å². The summed E-state index contributed by atoms with van der Waals surface area (Å²) in [7, 11) is 0. The minimum Gasteiger partial charge on any atom is -0.480 e. The highest BCUT2D eigenvalue weighted by Crippen LogP contribution is 2.06. The molecule has 1 aromatic heterocycles. The second-order valence-corrected chi connectivity index (χ2v) is 8.12. The fraction of sp³-hybridized carbons (Fsp3) is 0.435. The van der Waals surface area contributed by atoms with E-state index in [2.05, 4.69) is 25.9 Å². The average molecular weight is 473 g/mol. The van der Waals surface area contributed by atoms with Gasteiger partial charge in [-0.2, -0.15) is 0 Å². The Hall–Kier alpha value is -3.73. The molecule has 2 aromatic rings. The van der Waals surface area contributed by atoms with Crippen molar-refractivity contribution in [2.75, 3.05) is 6.54 Å². The minimum atomic E-state index is -1.20. The van der Waals surface area contributed by atoms with Gasteiger partial charge in [0.1, 0.15) is 12.1 Å². The van der Waals surface area contributed by atoms with Crippen molar-refractivity contribution in [1.82, 2.24) is 25.9 Å². The summed E-state index contributed by atoms with van der Waals surface area (Å²) >= 11 is 0. The number of carbonyl (C=O) groups is 4. The number of carbonyl (C=O) groups excluding carboxylic acids is 3. The molecule has 34 heavy (non-hydrogen) atoms. The van der Waals surface area contributed by atoms with Crippen molar-refractivity contribution in [3.63, 3.8) is 0 Å². The van der Waals surface area contributed by atoms with Gasteiger partial charge >= 0.3 is 5.97 Å². The van der Waals surface area contributed by atoms with Crippen LogP contribution in [0.5, 0.6) is 0 Å². The summed E-state index contributed by atoms with van der Waals surface area (Å²) in [5.74, 6) is -3.00. The van der Waals surface area contributed by atoms with Crippen molar-refractivity contribution in [3.05, 3.63) is 54.1 Å². The first-order valence-electron chi connectivity index (χ1n) is 11.1. The first-order chi connectivity index (χ1) is 16.2. The Bertz CT molecular complexity index is 950. The second kappa shape index (κ2) is 13.1. The van der Waals surface area contributed by atoms with Crippen molar-refractivity contribution >= 4 is 23.7 Å². The van der Waals surface area contributed by atoms with Crippen LogP contribution >= 0.6 is 0 Å². The van der Waals surface area contributed by atoms with Crippen LogP contribution in [0.25, 0.3) is 0 Å². The van der Waals surface area contributed by atoms with Crippen LogP contribution in [0.3, 0.4) is 0 Å². The summed E-state index contributed by atoms with van der Waals surface area (Å²) in [4.78, 5) is 56.1. The highest BCUT2D eigenvalue weighted by Gasteiger charge is 2.28. The Morgan fingerprint density at radius 3 is 2.35 bits per heavy atom. The molecule has 3 amide bonds. The zero-order chi connectivity index (χ0) is 25.1. The van der Waals surface area contributed by atoms with Crippen molar-refractivity contribution in [2.45, 2.75) is 51.2 Å². The van der Waals surface area contributed by atoms with E-state index in [0.29, 0.717) is 12.1 Å². The molecule has 1 heterocycles. The van der Waals surface area contributed by atoms with Crippen LogP contribution in [0.1, 0.15) is 31.5 Å². The molecule has 0 bridgehead atoms. The van der Waals surface area contributed by atoms with Gasteiger partial charge in [-0.1, -0.05) is 50.6 Å². The first-order valence-corrected chi connectivity index (χ1v) is 11.1. The van der Waals surface area contributed by atoms with Gasteiger partial charge in [0.25, 0.3) is 0 Å². The Morgan fingerprint density at radius 1 is 1.06 bits per heavy atom. The van der Waals surface area contributed by atoms with Gasteiger partial charge in [0.15, 0.2) is 0 Å². The lowest BCUT2D eigenvalue weighted by atomic mass is 9.99. The molecule has 0 aliphatic rings. The lowest BCUT2D eigenvalue weighted by molar-refractivity contribution is -0.142. The van der Waals surface area contributed by atoms with E-state index in [1.807, 2.05) is 19.9 Å². The molecular weight excluding hydrogens is 440 g/mol. The number of amides is 3. The molecule has 11 heteroatoms. The Kier molecular flexibility index (Phi) is 10.2. The van der Waals surface area contributed by atoms with Gasteiger partial charge in [-0.05, 0) is 11.5 Å². The van der Waals surface area contributed by atoms with E-state index in [1.54, 1.807) is 24.3 Å². The zero-order valence-electron chi connectivity index (χ0n) is 19.3. The lowest BCUT2D eigenvalue weighted by Gasteiger charge is -2.22. The molecule has 4 atom stereocenters. The van der Waals surface area contributed by atoms with Crippen LogP contribution in [0.4, 0.5) is 0 Å². The average Bonchev–Trinajstić information content (AvgIpc) is 3.34. The van der Waals surface area contributed by atoms with Crippen molar-refractivity contribution in [2.24, 2.45) is 11.7 Å². The number of aromatic amines is 1. The van der Waals surface area contributed by atoms with E-state index < -0.39 is 41.8 Å². The zero-order valence-corrected chi connectivity index (χ0v) is 19.3. The van der Waals surface area contributed by atoms with Gasteiger partial charge in [0.2, 0.25) is 17.7 Å². The van der Waals surface area contributed by atoms with Crippen LogP contribution in [0.2, 0.25) is 0 Å². The Labute approximate surface area is 197 Å². The monoisotopic (exact) mass is 472 g/mol. The maximum absolute atomic E-state index is 13.0. The van der Waals surface area contributed by atoms with E-state index in [1.165, 1.54) is 12.5 Å². The van der Waals surface area contributed by atoms with Gasteiger partial charge in [0, 0.05) is 24.7 Å². The molecule has 2 rings (SSSR count). The normalized spacial score (nSPS) is 14.3. The third-order valence-corrected chi connectivity index (χ3v) is 5.51. The summed E-state index contributed by atoms with van der Waals surface area (Å²) < 4.78 is 0. The number of rotatable bonds is 13. The highest BCUT2D eigenvalue weighted by molar-refractivity contribution is 5.92. The number of nitrogens with two attached hydrogens (primary N) is 1. The molecule has 0 saturated heterocycles. The quantitative estimate of drug-likeness (QED) is 0.232. The van der Waals surface area contributed by atoms with Crippen LogP contribution in [0.15, 0.2) is 42.9 Å². The smallest absolute Gasteiger partial charge is 0.326 e. The molecule has 1 aromatic carbocycles. The van der Waals surface area contributed by atoms with Crippen LogP contribution in [-0.2, 0) is 32.0 Å². The predicted octanol–water partition coefficient (Wildman–Crippen LogP) is -0.261. The summed E-state index contributed by atoms with van der Waals surface area (Å²) in [6.45, 7) is 3.37. The SMILES string of the molecule is CCC(C)C(N)C(=O)NCC(=O)NC(Cc1cnc[nH]1)C(=O)NC(Cc1ccccc1)C(=O)O. The van der Waals surface area contributed by atoms with E-state index in [-0.39, 0.29) is 25.3 Å². The Morgan fingerprint density at radius 2 is 1.76 bits per heavy atom. The van der Waals surface area contributed by atoms with Crippen LogP contribution in [-0.4, -0.2) is 63.4 Å². The molecule has 184 valence electrons. The van der Waals surface area contributed by atoms with Crippen LogP contribution in [0, 0.1) is 5.92 Å². The molecule has 0 spiro atoms. The van der Waals surface area contributed by atoms with Gasteiger partial charge in [-0.3, -0.25) is 14.4 Å². The third kappa shape index (κ3) is 8.32. The van der Waals surface area contributed by atoms with Crippen molar-refractivity contribution in [3.8, 4) is 0 Å². The van der Waals surface area contributed by atoms with Crippen molar-refractivity contribution < 1.29 is 24.3 Å². The number of hydrogen-bond donors (Lipinski definition) is 6.